The molecule has 1 atom stereocenters. The van der Waals surface area contributed by atoms with Gasteiger partial charge in [0.2, 0.25) is 17.8 Å². The van der Waals surface area contributed by atoms with Crippen LogP contribution in [-0.2, 0) is 9.62 Å². The Kier molecular flexibility index (Phi) is 5.80. The Bertz CT molecular complexity index is 1070. The van der Waals surface area contributed by atoms with E-state index in [1.165, 1.54) is 18.2 Å². The van der Waals surface area contributed by atoms with Crippen molar-refractivity contribution in [2.75, 3.05) is 16.9 Å². The third-order valence-corrected chi connectivity index (χ3v) is 7.06. The summed E-state index contributed by atoms with van der Waals surface area (Å²) in [5, 5.41) is 34.7. The molecular weight excluding hydrogens is 455 g/mol. The monoisotopic (exact) mass is 470 g/mol. The Labute approximate surface area is 168 Å². The maximum atomic E-state index is 13.4. The summed E-state index contributed by atoms with van der Waals surface area (Å²) < 4.78 is 30.2. The molecule has 1 aliphatic rings. The molecule has 13 heteroatoms. The first-order valence-electron chi connectivity index (χ1n) is 8.00. The van der Waals surface area contributed by atoms with Gasteiger partial charge in [-0.25, -0.2) is 9.02 Å². The predicted molar refractivity (Wildman–Crippen MR) is 105 cm³/mol. The third kappa shape index (κ3) is 4.23. The maximum Gasteiger partial charge on any atom is 0.213 e. The van der Waals surface area contributed by atoms with Gasteiger partial charge < -0.3 is 15.8 Å². The van der Waals surface area contributed by atoms with Crippen molar-refractivity contribution >= 4 is 42.9 Å². The number of nitrogens with zero attached hydrogens (tertiary/aromatic N) is 5. The molecule has 3 rings (SSSR count). The van der Waals surface area contributed by atoms with Crippen molar-refractivity contribution in [1.82, 2.24) is 10.3 Å². The van der Waals surface area contributed by atoms with E-state index in [2.05, 4.69) is 46.4 Å². The Balaban J connectivity index is 1.69. The summed E-state index contributed by atoms with van der Waals surface area (Å²) >= 11 is 3.09. The average Bonchev–Trinajstić information content (AvgIpc) is 3.06. The van der Waals surface area contributed by atoms with Gasteiger partial charge in [0, 0.05) is 23.2 Å². The number of rotatable bonds is 5. The van der Waals surface area contributed by atoms with Crippen LogP contribution in [0.2, 0.25) is 0 Å². The molecular formula is C15H16BrFN8O2S. The molecule has 28 heavy (non-hydrogen) atoms. The van der Waals surface area contributed by atoms with E-state index in [4.69, 9.17) is 14.7 Å². The lowest BCUT2D eigenvalue weighted by molar-refractivity contribution is 0.304. The van der Waals surface area contributed by atoms with E-state index in [-0.39, 0.29) is 33.1 Å². The summed E-state index contributed by atoms with van der Waals surface area (Å²) in [7, 11) is -2.06. The lowest BCUT2D eigenvalue weighted by Gasteiger charge is -2.37. The van der Waals surface area contributed by atoms with Gasteiger partial charge in [0.05, 0.1) is 4.47 Å². The largest absolute Gasteiger partial charge is 0.409 e. The van der Waals surface area contributed by atoms with Crippen molar-refractivity contribution < 1.29 is 14.2 Å². The van der Waals surface area contributed by atoms with E-state index in [1.807, 2.05) is 0 Å². The van der Waals surface area contributed by atoms with Gasteiger partial charge in [0.15, 0.2) is 5.69 Å². The normalized spacial score (nSPS) is 21.1. The molecule has 1 aromatic heterocycles. The summed E-state index contributed by atoms with van der Waals surface area (Å²) in [4.78, 5) is 0. The fraction of sp³-hybridized carbons (Fsp3) is 0.333. The Morgan fingerprint density at radius 3 is 2.89 bits per heavy atom. The molecule has 0 amide bonds. The maximum absolute atomic E-state index is 13.4. The fourth-order valence-electron chi connectivity index (χ4n) is 2.69. The van der Waals surface area contributed by atoms with Crippen LogP contribution in [0.4, 0.5) is 15.9 Å². The SMILES string of the molecule is CS(=N)(=NC#N)C1CC(Nc2nonc2/C(=N/O)Nc2ccc(F)c(Br)c2)C1. The molecule has 0 saturated heterocycles. The van der Waals surface area contributed by atoms with Gasteiger partial charge >= 0.3 is 0 Å². The summed E-state index contributed by atoms with van der Waals surface area (Å²) in [5.74, 6) is -0.193. The van der Waals surface area contributed by atoms with E-state index in [1.54, 1.807) is 12.4 Å². The van der Waals surface area contributed by atoms with Crippen molar-refractivity contribution in [3.05, 3.63) is 34.2 Å². The van der Waals surface area contributed by atoms with Gasteiger partial charge in [-0.2, -0.15) is 5.26 Å². The molecule has 148 valence electrons. The van der Waals surface area contributed by atoms with Crippen molar-refractivity contribution in [2.24, 2.45) is 9.52 Å². The van der Waals surface area contributed by atoms with Crippen molar-refractivity contribution in [3.63, 3.8) is 0 Å². The van der Waals surface area contributed by atoms with E-state index >= 15 is 0 Å². The molecule has 10 nitrogen and oxygen atoms in total. The first kappa shape index (κ1) is 20.0. The zero-order valence-corrected chi connectivity index (χ0v) is 17.0. The van der Waals surface area contributed by atoms with E-state index in [9.17, 15) is 9.60 Å². The minimum atomic E-state index is -2.06. The molecule has 1 saturated carbocycles. The fourth-order valence-corrected chi connectivity index (χ4v) is 4.60. The van der Waals surface area contributed by atoms with Crippen molar-refractivity contribution in [3.8, 4) is 6.19 Å². The van der Waals surface area contributed by atoms with E-state index < -0.39 is 15.4 Å². The Hall–Kier alpha value is -2.72. The van der Waals surface area contributed by atoms with E-state index in [0.717, 1.165) is 0 Å². The van der Waals surface area contributed by atoms with Crippen LogP contribution in [0.5, 0.6) is 0 Å². The second-order valence-corrected chi connectivity index (χ2v) is 9.80. The van der Waals surface area contributed by atoms with Gasteiger partial charge in [-0.3, -0.25) is 4.78 Å². The molecule has 1 fully saturated rings. The molecule has 1 aromatic carbocycles. The highest BCUT2D eigenvalue weighted by Crippen LogP contribution is 2.31. The number of anilines is 2. The highest BCUT2D eigenvalue weighted by atomic mass is 79.9. The summed E-state index contributed by atoms with van der Waals surface area (Å²) in [5.41, 5.74) is 0.611. The number of amidine groups is 1. The summed E-state index contributed by atoms with van der Waals surface area (Å²) in [6.07, 6.45) is 4.70. The Morgan fingerprint density at radius 2 is 2.25 bits per heavy atom. The lowest BCUT2D eigenvalue weighted by Crippen LogP contribution is -2.43. The van der Waals surface area contributed by atoms with Crippen LogP contribution in [0.15, 0.2) is 36.8 Å². The highest BCUT2D eigenvalue weighted by molar-refractivity contribution is 9.10. The third-order valence-electron chi connectivity index (χ3n) is 4.31. The number of nitrogens with one attached hydrogen (secondary N) is 3. The number of nitriles is 1. The molecule has 0 bridgehead atoms. The first-order chi connectivity index (χ1) is 13.3. The molecule has 4 N–H and O–H groups in total. The summed E-state index contributed by atoms with van der Waals surface area (Å²) in [6, 6.07) is 4.21. The average molecular weight is 471 g/mol. The standard InChI is InChI=1S/C15H16BrFN8O2S/c1-28(19,20-7-18)10-4-9(5-10)22-15-13(24-27-25-15)14(23-26)21-8-2-3-12(17)11(16)6-8/h2-3,6,9-10,19,26H,4-5H2,1H3,(H,21,23)(H,22,25). The number of benzene rings is 1. The lowest BCUT2D eigenvalue weighted by atomic mass is 9.92. The number of halogens is 2. The van der Waals surface area contributed by atoms with E-state index in [0.29, 0.717) is 18.5 Å². The summed E-state index contributed by atoms with van der Waals surface area (Å²) in [6.45, 7) is 0. The van der Waals surface area contributed by atoms with Crippen LogP contribution in [0, 0.1) is 22.1 Å². The van der Waals surface area contributed by atoms with Gasteiger partial charge in [0.25, 0.3) is 0 Å². The van der Waals surface area contributed by atoms with Crippen LogP contribution < -0.4 is 10.6 Å². The zero-order valence-electron chi connectivity index (χ0n) is 14.6. The first-order valence-corrected chi connectivity index (χ1v) is 10.9. The number of hydrogen-bond donors (Lipinski definition) is 4. The van der Waals surface area contributed by atoms with Crippen LogP contribution >= 0.6 is 15.9 Å². The Morgan fingerprint density at radius 1 is 1.50 bits per heavy atom. The highest BCUT2D eigenvalue weighted by Gasteiger charge is 2.35. The molecule has 2 aromatic rings. The smallest absolute Gasteiger partial charge is 0.213 e. The molecule has 1 heterocycles. The molecule has 0 radical (unpaired) electrons. The minimum Gasteiger partial charge on any atom is -0.409 e. The van der Waals surface area contributed by atoms with Gasteiger partial charge in [0.1, 0.15) is 5.82 Å². The predicted octanol–water partition coefficient (Wildman–Crippen LogP) is 3.37. The second-order valence-electron chi connectivity index (χ2n) is 6.23. The number of aromatic nitrogens is 2. The molecule has 0 spiro atoms. The van der Waals surface area contributed by atoms with Crippen LogP contribution in [0.1, 0.15) is 18.5 Å². The number of hydrogen-bond acceptors (Lipinski definition) is 9. The van der Waals surface area contributed by atoms with Gasteiger partial charge in [-0.05, 0) is 66.9 Å². The van der Waals surface area contributed by atoms with Crippen molar-refractivity contribution in [2.45, 2.75) is 24.1 Å². The van der Waals surface area contributed by atoms with Crippen LogP contribution in [0.3, 0.4) is 0 Å². The minimum absolute atomic E-state index is 0.00151. The van der Waals surface area contributed by atoms with Crippen LogP contribution in [0.25, 0.3) is 0 Å². The second kappa shape index (κ2) is 8.11. The number of oxime groups is 1. The molecule has 1 aliphatic carbocycles. The van der Waals surface area contributed by atoms with Gasteiger partial charge in [-0.15, -0.1) is 4.36 Å². The quantitative estimate of drug-likeness (QED) is 0.171. The van der Waals surface area contributed by atoms with Crippen LogP contribution in [-0.4, -0.2) is 38.9 Å². The molecule has 0 aliphatic heterocycles. The topological polar surface area (TPSA) is 156 Å². The molecule has 1 unspecified atom stereocenters. The zero-order chi connectivity index (χ0) is 20.3. The van der Waals surface area contributed by atoms with Crippen molar-refractivity contribution in [1.29, 1.82) is 10.0 Å². The van der Waals surface area contributed by atoms with Gasteiger partial charge in [-0.1, -0.05) is 5.16 Å².